The fourth-order valence-electron chi connectivity index (χ4n) is 1.96. The van der Waals surface area contributed by atoms with Crippen LogP contribution in [0.4, 0.5) is 17.6 Å². The predicted molar refractivity (Wildman–Crippen MR) is 58.0 cm³/mol. The molecule has 0 fully saturated rings. The molecular formula is C13H10F4O. The van der Waals surface area contributed by atoms with Crippen molar-refractivity contribution >= 4 is 5.78 Å². The molecule has 0 bridgehead atoms. The van der Waals surface area contributed by atoms with Crippen LogP contribution in [0.5, 0.6) is 0 Å². The van der Waals surface area contributed by atoms with Crippen molar-refractivity contribution in [2.45, 2.75) is 24.7 Å². The second-order valence-corrected chi connectivity index (χ2v) is 4.34. The Morgan fingerprint density at radius 3 is 2.22 bits per heavy atom. The summed E-state index contributed by atoms with van der Waals surface area (Å²) in [5, 5.41) is 0. The van der Waals surface area contributed by atoms with Gasteiger partial charge in [-0.15, -0.1) is 0 Å². The van der Waals surface area contributed by atoms with E-state index in [-0.39, 0.29) is 5.56 Å². The molecule has 0 aliphatic heterocycles. The normalized spacial score (nSPS) is 21.2. The first-order chi connectivity index (χ1) is 8.29. The number of carbonyl (C=O) groups is 1. The summed E-state index contributed by atoms with van der Waals surface area (Å²) in [7, 11) is 0. The minimum absolute atomic E-state index is 0.136. The van der Waals surface area contributed by atoms with Crippen LogP contribution in [0.15, 0.2) is 42.0 Å². The Kier molecular flexibility index (Phi) is 3.00. The fourth-order valence-corrected chi connectivity index (χ4v) is 1.96. The first-order valence-corrected chi connectivity index (χ1v) is 5.36. The molecule has 1 aliphatic rings. The molecule has 0 spiro atoms. The fraction of sp³-hybridized carbons (Fsp3) is 0.308. The number of allylic oxidation sites excluding steroid dienone is 2. The van der Waals surface area contributed by atoms with Gasteiger partial charge in [-0.1, -0.05) is 30.3 Å². The quantitative estimate of drug-likeness (QED) is 0.581. The maximum atomic E-state index is 13.2. The van der Waals surface area contributed by atoms with Gasteiger partial charge in [0, 0.05) is 17.6 Å². The molecular weight excluding hydrogens is 248 g/mol. The van der Waals surface area contributed by atoms with Crippen molar-refractivity contribution in [3.63, 3.8) is 0 Å². The van der Waals surface area contributed by atoms with Crippen LogP contribution in [0, 0.1) is 0 Å². The van der Waals surface area contributed by atoms with Crippen molar-refractivity contribution in [2.24, 2.45) is 0 Å². The summed E-state index contributed by atoms with van der Waals surface area (Å²) < 4.78 is 52.5. The highest BCUT2D eigenvalue weighted by atomic mass is 19.3. The Morgan fingerprint density at radius 2 is 1.67 bits per heavy atom. The first-order valence-electron chi connectivity index (χ1n) is 5.36. The summed E-state index contributed by atoms with van der Waals surface area (Å²) in [6.45, 7) is 0. The number of halogens is 4. The lowest BCUT2D eigenvalue weighted by molar-refractivity contribution is -0.0945. The predicted octanol–water partition coefficient (Wildman–Crippen LogP) is 3.86. The van der Waals surface area contributed by atoms with E-state index < -0.39 is 36.0 Å². The average molecular weight is 258 g/mol. The molecule has 0 atom stereocenters. The van der Waals surface area contributed by atoms with Crippen molar-refractivity contribution in [3.05, 3.63) is 47.5 Å². The third-order valence-corrected chi connectivity index (χ3v) is 2.66. The minimum atomic E-state index is -3.64. The van der Waals surface area contributed by atoms with E-state index >= 15 is 0 Å². The van der Waals surface area contributed by atoms with Crippen molar-refractivity contribution in [3.8, 4) is 0 Å². The summed E-state index contributed by atoms with van der Waals surface area (Å²) in [6.07, 6.45) is -2.11. The molecule has 0 saturated carbocycles. The molecule has 0 heterocycles. The zero-order valence-electron chi connectivity index (χ0n) is 9.30. The number of Topliss-reactive ketones (excluding diaryl/α,β-unsaturated/α-hetero) is 1. The molecule has 18 heavy (non-hydrogen) atoms. The molecule has 1 aromatic carbocycles. The molecule has 0 unspecified atom stereocenters. The molecule has 0 N–H and O–H groups in total. The first kappa shape index (κ1) is 12.8. The molecule has 2 rings (SSSR count). The largest absolute Gasteiger partial charge is 0.289 e. The van der Waals surface area contributed by atoms with E-state index in [1.165, 1.54) is 12.1 Å². The number of alkyl halides is 4. The Balaban J connectivity index is 2.34. The van der Waals surface area contributed by atoms with Gasteiger partial charge in [-0.05, 0) is 6.08 Å². The summed E-state index contributed by atoms with van der Waals surface area (Å²) in [5.74, 6) is -7.95. The van der Waals surface area contributed by atoms with Gasteiger partial charge in [0.25, 0.3) is 11.8 Å². The van der Waals surface area contributed by atoms with Crippen LogP contribution in [-0.4, -0.2) is 17.6 Å². The molecule has 96 valence electrons. The van der Waals surface area contributed by atoms with Crippen LogP contribution in [0.2, 0.25) is 0 Å². The molecule has 1 nitrogen and oxygen atoms in total. The second-order valence-electron chi connectivity index (χ2n) is 4.34. The van der Waals surface area contributed by atoms with Gasteiger partial charge in [0.05, 0.1) is 6.42 Å². The standard InChI is InChI=1S/C13H10F4O/c14-12(15)6-10(7-13(16,17)8-12)11(18)9-4-2-1-3-5-9/h1-6H,7-8H2. The van der Waals surface area contributed by atoms with Crippen LogP contribution in [0.25, 0.3) is 0 Å². The maximum Gasteiger partial charge on any atom is 0.272 e. The van der Waals surface area contributed by atoms with E-state index in [0.29, 0.717) is 6.08 Å². The molecule has 1 aliphatic carbocycles. The molecule has 0 saturated heterocycles. The lowest BCUT2D eigenvalue weighted by Gasteiger charge is -2.27. The Bertz CT molecular complexity index is 491. The number of hydrogen-bond acceptors (Lipinski definition) is 1. The summed E-state index contributed by atoms with van der Waals surface area (Å²) in [4.78, 5) is 11.8. The van der Waals surface area contributed by atoms with E-state index in [9.17, 15) is 22.4 Å². The lowest BCUT2D eigenvalue weighted by atomic mass is 9.88. The minimum Gasteiger partial charge on any atom is -0.289 e. The number of rotatable bonds is 2. The van der Waals surface area contributed by atoms with Gasteiger partial charge in [0.2, 0.25) is 0 Å². The summed E-state index contributed by atoms with van der Waals surface area (Å²) in [6, 6.07) is 7.57. The van der Waals surface area contributed by atoms with Crippen LogP contribution in [-0.2, 0) is 0 Å². The van der Waals surface area contributed by atoms with E-state index in [2.05, 4.69) is 0 Å². The van der Waals surface area contributed by atoms with Crippen molar-refractivity contribution in [2.75, 3.05) is 0 Å². The number of benzene rings is 1. The smallest absolute Gasteiger partial charge is 0.272 e. The third-order valence-electron chi connectivity index (χ3n) is 2.66. The maximum absolute atomic E-state index is 13.2. The van der Waals surface area contributed by atoms with Gasteiger partial charge in [0.1, 0.15) is 0 Å². The van der Waals surface area contributed by atoms with E-state index in [1.807, 2.05) is 0 Å². The van der Waals surface area contributed by atoms with Gasteiger partial charge < -0.3 is 0 Å². The van der Waals surface area contributed by atoms with Crippen LogP contribution >= 0.6 is 0 Å². The Hall–Kier alpha value is -1.65. The molecule has 0 amide bonds. The van der Waals surface area contributed by atoms with Gasteiger partial charge in [-0.25, -0.2) is 17.6 Å². The van der Waals surface area contributed by atoms with E-state index in [4.69, 9.17) is 0 Å². The average Bonchev–Trinajstić information content (AvgIpc) is 2.25. The summed E-state index contributed by atoms with van der Waals surface area (Å²) in [5.41, 5.74) is -0.389. The highest BCUT2D eigenvalue weighted by Crippen LogP contribution is 2.42. The lowest BCUT2D eigenvalue weighted by Crippen LogP contribution is -2.34. The van der Waals surface area contributed by atoms with E-state index in [1.54, 1.807) is 18.2 Å². The van der Waals surface area contributed by atoms with Crippen LogP contribution in [0.3, 0.4) is 0 Å². The van der Waals surface area contributed by atoms with E-state index in [0.717, 1.165) is 0 Å². The van der Waals surface area contributed by atoms with Crippen molar-refractivity contribution in [1.29, 1.82) is 0 Å². The number of hydrogen-bond donors (Lipinski definition) is 0. The second kappa shape index (κ2) is 4.23. The highest BCUT2D eigenvalue weighted by molar-refractivity contribution is 6.08. The SMILES string of the molecule is O=C(C1=CC(F)(F)CC(F)(F)C1)c1ccccc1. The zero-order valence-corrected chi connectivity index (χ0v) is 9.30. The molecule has 0 radical (unpaired) electrons. The monoisotopic (exact) mass is 258 g/mol. The molecule has 5 heteroatoms. The van der Waals surface area contributed by atoms with Crippen LogP contribution < -0.4 is 0 Å². The van der Waals surface area contributed by atoms with Gasteiger partial charge >= 0.3 is 0 Å². The summed E-state index contributed by atoms with van der Waals surface area (Å²) >= 11 is 0. The Labute approximate surface area is 101 Å². The zero-order chi connectivity index (χ0) is 13.4. The number of ketones is 1. The van der Waals surface area contributed by atoms with Crippen molar-refractivity contribution < 1.29 is 22.4 Å². The topological polar surface area (TPSA) is 17.1 Å². The molecule has 1 aromatic rings. The number of carbonyl (C=O) groups excluding carboxylic acids is 1. The van der Waals surface area contributed by atoms with Crippen molar-refractivity contribution in [1.82, 2.24) is 0 Å². The third kappa shape index (κ3) is 2.78. The highest BCUT2D eigenvalue weighted by Gasteiger charge is 2.47. The molecule has 0 aromatic heterocycles. The van der Waals surface area contributed by atoms with Gasteiger partial charge in [-0.3, -0.25) is 4.79 Å². The van der Waals surface area contributed by atoms with Gasteiger partial charge in [0.15, 0.2) is 5.78 Å². The van der Waals surface area contributed by atoms with Gasteiger partial charge in [-0.2, -0.15) is 0 Å². The Morgan fingerprint density at radius 1 is 1.06 bits per heavy atom. The van der Waals surface area contributed by atoms with Crippen LogP contribution in [0.1, 0.15) is 23.2 Å².